The van der Waals surface area contributed by atoms with Crippen LogP contribution in [0.1, 0.15) is 37.3 Å². The molecule has 4 nitrogen and oxygen atoms in total. The van der Waals surface area contributed by atoms with Gasteiger partial charge in [0.05, 0.1) is 5.54 Å². The molecule has 2 aliphatic heterocycles. The van der Waals surface area contributed by atoms with Gasteiger partial charge in [-0.15, -0.1) is 0 Å². The van der Waals surface area contributed by atoms with E-state index in [1.807, 2.05) is 55.3 Å². The molecule has 2 amide bonds. The SMILES string of the molecule is CN1CCCC(N(C)C(=O)N2CC(c3cc(F)ccc3F)=CC2(C)c2ccccc2)CC1. The number of halogens is 2. The lowest BCUT2D eigenvalue weighted by molar-refractivity contribution is 0.119. The monoisotopic (exact) mass is 439 g/mol. The number of likely N-dealkylation sites (tertiary alicyclic amines) is 1. The lowest BCUT2D eigenvalue weighted by Gasteiger charge is -2.40. The molecule has 170 valence electrons. The fourth-order valence-corrected chi connectivity index (χ4v) is 4.94. The Morgan fingerprint density at radius 1 is 1.09 bits per heavy atom. The summed E-state index contributed by atoms with van der Waals surface area (Å²) in [5.74, 6) is -0.976. The first-order valence-electron chi connectivity index (χ1n) is 11.3. The highest BCUT2D eigenvalue weighted by Crippen LogP contribution is 2.41. The van der Waals surface area contributed by atoms with Gasteiger partial charge in [0.25, 0.3) is 0 Å². The fourth-order valence-electron chi connectivity index (χ4n) is 4.94. The van der Waals surface area contributed by atoms with E-state index in [9.17, 15) is 13.6 Å². The molecule has 2 aromatic carbocycles. The average Bonchev–Trinajstić information content (AvgIpc) is 3.00. The first-order chi connectivity index (χ1) is 15.3. The van der Waals surface area contributed by atoms with E-state index in [4.69, 9.17) is 0 Å². The second-order valence-corrected chi connectivity index (χ2v) is 9.17. The molecule has 2 aromatic rings. The smallest absolute Gasteiger partial charge is 0.321 e. The molecule has 0 radical (unpaired) electrons. The molecule has 0 N–H and O–H groups in total. The van der Waals surface area contributed by atoms with Gasteiger partial charge in [0.2, 0.25) is 0 Å². The molecular weight excluding hydrogens is 408 g/mol. The van der Waals surface area contributed by atoms with Crippen LogP contribution >= 0.6 is 0 Å². The van der Waals surface area contributed by atoms with Crippen molar-refractivity contribution in [2.75, 3.05) is 33.7 Å². The second-order valence-electron chi connectivity index (χ2n) is 9.17. The van der Waals surface area contributed by atoms with E-state index >= 15 is 0 Å². The van der Waals surface area contributed by atoms with Gasteiger partial charge in [-0.3, -0.25) is 0 Å². The van der Waals surface area contributed by atoms with E-state index in [1.54, 1.807) is 4.90 Å². The van der Waals surface area contributed by atoms with Crippen LogP contribution in [0.3, 0.4) is 0 Å². The molecule has 0 spiro atoms. The van der Waals surface area contributed by atoms with Crippen molar-refractivity contribution in [3.05, 3.63) is 77.4 Å². The quantitative estimate of drug-likeness (QED) is 0.664. The van der Waals surface area contributed by atoms with Gasteiger partial charge in [-0.1, -0.05) is 30.3 Å². The maximum Gasteiger partial charge on any atom is 0.321 e. The van der Waals surface area contributed by atoms with Crippen molar-refractivity contribution >= 4 is 11.6 Å². The minimum atomic E-state index is -0.762. The third-order valence-corrected chi connectivity index (χ3v) is 6.98. The summed E-state index contributed by atoms with van der Waals surface area (Å²) < 4.78 is 28.5. The zero-order chi connectivity index (χ0) is 22.9. The van der Waals surface area contributed by atoms with Crippen LogP contribution in [-0.2, 0) is 5.54 Å². The summed E-state index contributed by atoms with van der Waals surface area (Å²) in [6.45, 7) is 4.19. The van der Waals surface area contributed by atoms with E-state index in [0.717, 1.165) is 50.0 Å². The van der Waals surface area contributed by atoms with Crippen molar-refractivity contribution in [3.8, 4) is 0 Å². The summed E-state index contributed by atoms with van der Waals surface area (Å²) in [4.78, 5) is 19.7. The molecule has 6 heteroatoms. The summed E-state index contributed by atoms with van der Waals surface area (Å²) in [5, 5.41) is 0. The van der Waals surface area contributed by atoms with Crippen molar-refractivity contribution in [3.63, 3.8) is 0 Å². The number of amides is 2. The molecule has 2 heterocycles. The van der Waals surface area contributed by atoms with Gasteiger partial charge in [-0.2, -0.15) is 0 Å². The van der Waals surface area contributed by atoms with E-state index in [2.05, 4.69) is 11.9 Å². The predicted molar refractivity (Wildman–Crippen MR) is 123 cm³/mol. The summed E-state index contributed by atoms with van der Waals surface area (Å²) in [6.07, 6.45) is 4.84. The number of rotatable bonds is 3. The highest BCUT2D eigenvalue weighted by atomic mass is 19.1. The normalized spacial score (nSPS) is 24.2. The summed E-state index contributed by atoms with van der Waals surface area (Å²) in [6, 6.07) is 13.3. The molecular formula is C26H31F2N3O. The minimum Gasteiger partial charge on any atom is -0.325 e. The van der Waals surface area contributed by atoms with Crippen LogP contribution in [0.4, 0.5) is 13.6 Å². The molecule has 1 saturated heterocycles. The van der Waals surface area contributed by atoms with Crippen LogP contribution in [0.2, 0.25) is 0 Å². The van der Waals surface area contributed by atoms with Crippen LogP contribution in [0, 0.1) is 11.6 Å². The zero-order valence-corrected chi connectivity index (χ0v) is 19.0. The molecule has 2 unspecified atom stereocenters. The Labute approximate surface area is 189 Å². The average molecular weight is 440 g/mol. The highest BCUT2D eigenvalue weighted by Gasteiger charge is 2.43. The molecule has 0 saturated carbocycles. The van der Waals surface area contributed by atoms with Gasteiger partial charge in [0.15, 0.2) is 0 Å². The predicted octanol–water partition coefficient (Wildman–Crippen LogP) is 5.12. The van der Waals surface area contributed by atoms with Crippen molar-refractivity contribution in [1.82, 2.24) is 14.7 Å². The summed E-state index contributed by atoms with van der Waals surface area (Å²) in [7, 11) is 3.98. The highest BCUT2D eigenvalue weighted by molar-refractivity contribution is 5.83. The third-order valence-electron chi connectivity index (χ3n) is 6.98. The maximum atomic E-state index is 14.6. The number of urea groups is 1. The van der Waals surface area contributed by atoms with E-state index in [0.29, 0.717) is 5.57 Å². The van der Waals surface area contributed by atoms with Gasteiger partial charge >= 0.3 is 6.03 Å². The number of nitrogens with zero attached hydrogens (tertiary/aromatic N) is 3. The Morgan fingerprint density at radius 3 is 2.59 bits per heavy atom. The molecule has 1 fully saturated rings. The van der Waals surface area contributed by atoms with Crippen molar-refractivity contribution < 1.29 is 13.6 Å². The molecule has 32 heavy (non-hydrogen) atoms. The van der Waals surface area contributed by atoms with Crippen LogP contribution in [0.15, 0.2) is 54.6 Å². The summed E-state index contributed by atoms with van der Waals surface area (Å²) in [5.41, 5.74) is 1.01. The summed E-state index contributed by atoms with van der Waals surface area (Å²) >= 11 is 0. The molecule has 0 aliphatic carbocycles. The van der Waals surface area contributed by atoms with E-state index in [-0.39, 0.29) is 24.2 Å². The zero-order valence-electron chi connectivity index (χ0n) is 19.0. The molecule has 4 rings (SSSR count). The second kappa shape index (κ2) is 9.02. The standard InChI is InChI=1S/C26H31F2N3O/c1-26(20-8-5-4-6-9-20)17-19(23-16-21(27)11-12-24(23)28)18-31(26)25(32)30(3)22-10-7-14-29(2)15-13-22/h4-6,8-9,11-12,16-17,22H,7,10,13-15,18H2,1-3H3. The number of benzene rings is 2. The van der Waals surface area contributed by atoms with Crippen LogP contribution in [0.5, 0.6) is 0 Å². The van der Waals surface area contributed by atoms with Gasteiger partial charge < -0.3 is 14.7 Å². The van der Waals surface area contributed by atoms with Crippen LogP contribution in [0.25, 0.3) is 5.57 Å². The number of hydrogen-bond donors (Lipinski definition) is 0. The number of carbonyl (C=O) groups is 1. The largest absolute Gasteiger partial charge is 0.325 e. The Balaban J connectivity index is 1.69. The van der Waals surface area contributed by atoms with Crippen molar-refractivity contribution in [2.45, 2.75) is 37.8 Å². The van der Waals surface area contributed by atoms with Gasteiger partial charge in [0, 0.05) is 25.2 Å². The molecule has 2 aliphatic rings. The topological polar surface area (TPSA) is 26.8 Å². The Morgan fingerprint density at radius 2 is 1.84 bits per heavy atom. The number of carbonyl (C=O) groups excluding carboxylic acids is 1. The van der Waals surface area contributed by atoms with Gasteiger partial charge in [0.1, 0.15) is 11.6 Å². The minimum absolute atomic E-state index is 0.0889. The lowest BCUT2D eigenvalue weighted by Crippen LogP contribution is -2.51. The fraction of sp³-hybridized carbons (Fsp3) is 0.423. The molecule has 0 aromatic heterocycles. The first-order valence-corrected chi connectivity index (χ1v) is 11.3. The van der Waals surface area contributed by atoms with Crippen LogP contribution < -0.4 is 0 Å². The van der Waals surface area contributed by atoms with Gasteiger partial charge in [-0.25, -0.2) is 13.6 Å². The number of hydrogen-bond acceptors (Lipinski definition) is 2. The van der Waals surface area contributed by atoms with Crippen molar-refractivity contribution in [2.24, 2.45) is 0 Å². The Bertz CT molecular complexity index is 1010. The van der Waals surface area contributed by atoms with E-state index < -0.39 is 17.2 Å². The lowest BCUT2D eigenvalue weighted by atomic mass is 9.90. The van der Waals surface area contributed by atoms with Crippen LogP contribution in [-0.4, -0.2) is 60.5 Å². The Hall–Kier alpha value is -2.73. The molecule has 0 bridgehead atoms. The van der Waals surface area contributed by atoms with Crippen molar-refractivity contribution in [1.29, 1.82) is 0 Å². The van der Waals surface area contributed by atoms with E-state index in [1.165, 1.54) is 6.07 Å². The Kier molecular flexibility index (Phi) is 6.33. The molecule has 2 atom stereocenters. The first kappa shape index (κ1) is 22.5. The third kappa shape index (κ3) is 4.29. The van der Waals surface area contributed by atoms with Gasteiger partial charge in [-0.05, 0) is 81.7 Å². The maximum absolute atomic E-state index is 14.6.